The summed E-state index contributed by atoms with van der Waals surface area (Å²) in [5, 5.41) is 7.94. The van der Waals surface area contributed by atoms with Gasteiger partial charge in [-0.25, -0.2) is 0 Å². The van der Waals surface area contributed by atoms with Crippen molar-refractivity contribution >= 4 is 38.9 Å². The molecule has 0 radical (unpaired) electrons. The second-order valence-corrected chi connectivity index (χ2v) is 7.08. The third-order valence-corrected chi connectivity index (χ3v) is 5.69. The molecule has 90 valence electrons. The Morgan fingerprint density at radius 3 is 3.12 bits per heavy atom. The molecule has 1 nitrogen and oxygen atoms in total. The maximum atomic E-state index is 3.70. The molecule has 2 atom stereocenters. The van der Waals surface area contributed by atoms with Crippen LogP contribution in [0.1, 0.15) is 19.8 Å². The van der Waals surface area contributed by atoms with Gasteiger partial charge in [0.2, 0.25) is 0 Å². The topological polar surface area (TPSA) is 12.0 Å². The fraction of sp³-hybridized carbons (Fsp3) is 0.429. The summed E-state index contributed by atoms with van der Waals surface area (Å²) >= 11 is 3.90. The number of thiophene rings is 1. The third kappa shape index (κ3) is 2.45. The number of thioether (sulfide) groups is 1. The van der Waals surface area contributed by atoms with Gasteiger partial charge in [0.1, 0.15) is 0 Å². The van der Waals surface area contributed by atoms with Crippen molar-refractivity contribution in [3.63, 3.8) is 0 Å². The summed E-state index contributed by atoms with van der Waals surface area (Å²) < 4.78 is 1.38. The van der Waals surface area contributed by atoms with Crippen LogP contribution in [0.4, 0.5) is 5.69 Å². The van der Waals surface area contributed by atoms with E-state index >= 15 is 0 Å². The van der Waals surface area contributed by atoms with Crippen LogP contribution < -0.4 is 5.32 Å². The zero-order valence-corrected chi connectivity index (χ0v) is 11.6. The third-order valence-electron chi connectivity index (χ3n) is 3.41. The van der Waals surface area contributed by atoms with E-state index in [9.17, 15) is 0 Å². The van der Waals surface area contributed by atoms with Crippen molar-refractivity contribution in [2.45, 2.75) is 31.1 Å². The van der Waals surface area contributed by atoms with Crippen LogP contribution in [0.25, 0.3) is 10.1 Å². The number of anilines is 1. The first-order chi connectivity index (χ1) is 8.33. The molecular weight excluding hydrogens is 246 g/mol. The van der Waals surface area contributed by atoms with Crippen LogP contribution in [0, 0.1) is 0 Å². The highest BCUT2D eigenvalue weighted by Gasteiger charge is 2.21. The molecule has 1 fully saturated rings. The summed E-state index contributed by atoms with van der Waals surface area (Å²) in [6.07, 6.45) is 2.64. The predicted molar refractivity (Wildman–Crippen MR) is 80.4 cm³/mol. The summed E-state index contributed by atoms with van der Waals surface area (Å²) in [4.78, 5) is 0. The minimum atomic E-state index is 0.629. The Morgan fingerprint density at radius 2 is 2.24 bits per heavy atom. The van der Waals surface area contributed by atoms with Crippen molar-refractivity contribution in [3.05, 3.63) is 29.6 Å². The highest BCUT2D eigenvalue weighted by molar-refractivity contribution is 8.00. The lowest BCUT2D eigenvalue weighted by Crippen LogP contribution is -2.32. The monoisotopic (exact) mass is 263 g/mol. The van der Waals surface area contributed by atoms with Crippen molar-refractivity contribution in [1.29, 1.82) is 0 Å². The van der Waals surface area contributed by atoms with Gasteiger partial charge in [-0.3, -0.25) is 0 Å². The van der Waals surface area contributed by atoms with Gasteiger partial charge in [-0.05, 0) is 53.6 Å². The van der Waals surface area contributed by atoms with Gasteiger partial charge in [0.15, 0.2) is 0 Å². The van der Waals surface area contributed by atoms with Gasteiger partial charge in [-0.15, -0.1) is 11.3 Å². The lowest BCUT2D eigenvalue weighted by atomic mass is 10.1. The first-order valence-electron chi connectivity index (χ1n) is 6.18. The van der Waals surface area contributed by atoms with Crippen LogP contribution in [0.2, 0.25) is 0 Å². The molecule has 1 N–H and O–H groups in total. The SMILES string of the molecule is CC1SCCCC1Nc1ccc2sccc2c1. The fourth-order valence-electron chi connectivity index (χ4n) is 2.38. The quantitative estimate of drug-likeness (QED) is 0.850. The summed E-state index contributed by atoms with van der Waals surface area (Å²) in [5.41, 5.74) is 1.27. The van der Waals surface area contributed by atoms with E-state index in [1.54, 1.807) is 0 Å². The van der Waals surface area contributed by atoms with E-state index < -0.39 is 0 Å². The number of fused-ring (bicyclic) bond motifs is 1. The molecule has 1 aliphatic rings. The largest absolute Gasteiger partial charge is 0.381 e. The average molecular weight is 263 g/mol. The van der Waals surface area contributed by atoms with Crippen molar-refractivity contribution in [2.75, 3.05) is 11.1 Å². The van der Waals surface area contributed by atoms with Crippen molar-refractivity contribution < 1.29 is 0 Å². The maximum absolute atomic E-state index is 3.70. The van der Waals surface area contributed by atoms with E-state index in [0.717, 1.165) is 5.25 Å². The second-order valence-electron chi connectivity index (χ2n) is 4.64. The molecule has 2 heterocycles. The summed E-state index contributed by atoms with van der Waals surface area (Å²) in [5.74, 6) is 1.32. The van der Waals surface area contributed by atoms with Crippen LogP contribution in [0.3, 0.4) is 0 Å². The van der Waals surface area contributed by atoms with Gasteiger partial charge in [0.25, 0.3) is 0 Å². The van der Waals surface area contributed by atoms with Crippen LogP contribution in [-0.2, 0) is 0 Å². The van der Waals surface area contributed by atoms with E-state index in [0.29, 0.717) is 6.04 Å². The van der Waals surface area contributed by atoms with Crippen molar-refractivity contribution in [1.82, 2.24) is 0 Å². The van der Waals surface area contributed by atoms with Crippen molar-refractivity contribution in [2.24, 2.45) is 0 Å². The zero-order chi connectivity index (χ0) is 11.7. The van der Waals surface area contributed by atoms with Crippen LogP contribution in [0.15, 0.2) is 29.6 Å². The van der Waals surface area contributed by atoms with Gasteiger partial charge in [-0.2, -0.15) is 11.8 Å². The summed E-state index contributed by atoms with van der Waals surface area (Å²) in [6, 6.07) is 9.54. The molecule has 1 saturated heterocycles. The number of hydrogen-bond donors (Lipinski definition) is 1. The minimum absolute atomic E-state index is 0.629. The number of hydrogen-bond acceptors (Lipinski definition) is 3. The molecule has 3 rings (SSSR count). The van der Waals surface area contributed by atoms with E-state index in [1.165, 1.54) is 34.4 Å². The molecular formula is C14H17NS2. The highest BCUT2D eigenvalue weighted by atomic mass is 32.2. The average Bonchev–Trinajstić information content (AvgIpc) is 2.79. The fourth-order valence-corrected chi connectivity index (χ4v) is 4.30. The van der Waals surface area contributed by atoms with Crippen LogP contribution in [0.5, 0.6) is 0 Å². The molecule has 2 unspecified atom stereocenters. The normalized spacial score (nSPS) is 25.0. The van der Waals surface area contributed by atoms with Crippen LogP contribution in [-0.4, -0.2) is 17.0 Å². The molecule has 2 aromatic rings. The van der Waals surface area contributed by atoms with Gasteiger partial charge in [-0.1, -0.05) is 6.92 Å². The van der Waals surface area contributed by atoms with Crippen LogP contribution >= 0.6 is 23.1 Å². The molecule has 0 saturated carbocycles. The second kappa shape index (κ2) is 4.91. The molecule has 1 aromatic heterocycles. The van der Waals surface area contributed by atoms with E-state index in [1.807, 2.05) is 11.3 Å². The van der Waals surface area contributed by atoms with Gasteiger partial charge < -0.3 is 5.32 Å². The summed E-state index contributed by atoms with van der Waals surface area (Å²) in [6.45, 7) is 2.34. The Bertz CT molecular complexity index is 506. The van der Waals surface area contributed by atoms with Gasteiger partial charge >= 0.3 is 0 Å². The minimum Gasteiger partial charge on any atom is -0.381 e. The maximum Gasteiger partial charge on any atom is 0.0377 e. The number of benzene rings is 1. The summed E-state index contributed by atoms with van der Waals surface area (Å²) in [7, 11) is 0. The Balaban J connectivity index is 1.79. The molecule has 17 heavy (non-hydrogen) atoms. The Kier molecular flexibility index (Phi) is 3.30. The molecule has 0 aliphatic carbocycles. The van der Waals surface area contributed by atoms with E-state index in [2.05, 4.69) is 53.6 Å². The molecule has 0 bridgehead atoms. The number of rotatable bonds is 2. The van der Waals surface area contributed by atoms with E-state index in [4.69, 9.17) is 0 Å². The Labute approximate surface area is 111 Å². The van der Waals surface area contributed by atoms with Crippen molar-refractivity contribution in [3.8, 4) is 0 Å². The molecule has 0 amide bonds. The lowest BCUT2D eigenvalue weighted by molar-refractivity contribution is 0.617. The van der Waals surface area contributed by atoms with E-state index in [-0.39, 0.29) is 0 Å². The van der Waals surface area contributed by atoms with Gasteiger partial charge in [0, 0.05) is 21.7 Å². The smallest absolute Gasteiger partial charge is 0.0377 e. The standard InChI is InChI=1S/C14H17NS2/c1-10-13(3-2-7-16-10)15-12-4-5-14-11(9-12)6-8-17-14/h4-6,8-10,13,15H,2-3,7H2,1H3. The predicted octanol–water partition coefficient (Wildman–Crippen LogP) is 4.60. The van der Waals surface area contributed by atoms with Gasteiger partial charge in [0.05, 0.1) is 0 Å². The number of nitrogens with one attached hydrogen (secondary N) is 1. The first kappa shape index (κ1) is 11.4. The first-order valence-corrected chi connectivity index (χ1v) is 8.11. The molecule has 3 heteroatoms. The lowest BCUT2D eigenvalue weighted by Gasteiger charge is -2.30. The molecule has 1 aliphatic heterocycles. The molecule has 1 aromatic carbocycles. The molecule has 0 spiro atoms. The highest BCUT2D eigenvalue weighted by Crippen LogP contribution is 2.29. The Hall–Kier alpha value is -0.670. The zero-order valence-electron chi connectivity index (χ0n) is 9.98. The Morgan fingerprint density at radius 1 is 1.29 bits per heavy atom.